The van der Waals surface area contributed by atoms with Gasteiger partial charge in [0.2, 0.25) is 11.8 Å². The molecule has 0 fully saturated rings. The second kappa shape index (κ2) is 20.0. The highest BCUT2D eigenvalue weighted by Crippen LogP contribution is 2.34. The van der Waals surface area contributed by atoms with E-state index in [9.17, 15) is 19.2 Å². The van der Waals surface area contributed by atoms with E-state index in [1.54, 1.807) is 26.0 Å². The Balaban J connectivity index is 1.62. The highest BCUT2D eigenvalue weighted by molar-refractivity contribution is 6.01. The molecule has 3 rings (SSSR count). The summed E-state index contributed by atoms with van der Waals surface area (Å²) in [5.41, 5.74) is 9.82. The van der Waals surface area contributed by atoms with Gasteiger partial charge >= 0.3 is 6.09 Å². The molecule has 286 valence electrons. The van der Waals surface area contributed by atoms with Crippen LogP contribution in [0.2, 0.25) is 0 Å². The van der Waals surface area contributed by atoms with E-state index in [1.165, 1.54) is 0 Å². The molecule has 1 aliphatic heterocycles. The predicted molar refractivity (Wildman–Crippen MR) is 203 cm³/mol. The van der Waals surface area contributed by atoms with Gasteiger partial charge in [0.1, 0.15) is 12.4 Å². The van der Waals surface area contributed by atoms with E-state index in [4.69, 9.17) is 19.9 Å². The number of carbonyl (C=O) groups is 4. The molecule has 0 saturated heterocycles. The molecule has 0 aliphatic carbocycles. The van der Waals surface area contributed by atoms with Crippen LogP contribution >= 0.6 is 0 Å². The van der Waals surface area contributed by atoms with Gasteiger partial charge in [-0.1, -0.05) is 42.5 Å². The van der Waals surface area contributed by atoms with Crippen molar-refractivity contribution >= 4 is 40.8 Å². The van der Waals surface area contributed by atoms with E-state index in [2.05, 4.69) is 21.3 Å². The minimum absolute atomic E-state index is 0.0866. The van der Waals surface area contributed by atoms with Gasteiger partial charge in [-0.25, -0.2) is 4.79 Å². The highest BCUT2D eigenvalue weighted by atomic mass is 16.6. The summed E-state index contributed by atoms with van der Waals surface area (Å²) in [5, 5.41) is 12.0. The highest BCUT2D eigenvalue weighted by Gasteiger charge is 2.29. The smallest absolute Gasteiger partial charge is 0.407 e. The number of nitrogens with zero attached hydrogens (tertiary/aromatic N) is 1. The van der Waals surface area contributed by atoms with Crippen molar-refractivity contribution in [3.8, 4) is 0 Å². The lowest BCUT2D eigenvalue weighted by Gasteiger charge is -2.31. The summed E-state index contributed by atoms with van der Waals surface area (Å²) >= 11 is 0. The van der Waals surface area contributed by atoms with Gasteiger partial charge in [0.15, 0.2) is 0 Å². The molecule has 1 unspecified atom stereocenters. The molecule has 13 nitrogen and oxygen atoms in total. The minimum Gasteiger partial charge on any atom is -0.448 e. The van der Waals surface area contributed by atoms with E-state index < -0.39 is 17.3 Å². The van der Waals surface area contributed by atoms with E-state index in [-0.39, 0.29) is 56.2 Å². The number of likely N-dealkylation sites (N-methyl/N-ethyl adjacent to an activating group) is 1. The van der Waals surface area contributed by atoms with E-state index >= 15 is 0 Å². The van der Waals surface area contributed by atoms with Crippen LogP contribution in [0.1, 0.15) is 83.4 Å². The van der Waals surface area contributed by atoms with Crippen molar-refractivity contribution in [1.29, 1.82) is 0 Å². The number of benzene rings is 2. The number of nitrogens with one attached hydrogen (secondary N) is 4. The fourth-order valence-electron chi connectivity index (χ4n) is 5.74. The molecular formula is C39H58N6O7. The Morgan fingerprint density at radius 3 is 2.29 bits per heavy atom. The molecule has 52 heavy (non-hydrogen) atoms. The number of hydrogen-bond donors (Lipinski definition) is 5. The van der Waals surface area contributed by atoms with Crippen LogP contribution in [0, 0.1) is 0 Å². The van der Waals surface area contributed by atoms with E-state index in [0.29, 0.717) is 48.8 Å². The Morgan fingerprint density at radius 1 is 0.904 bits per heavy atom. The molecule has 1 aliphatic rings. The average Bonchev–Trinajstić information content (AvgIpc) is 3.10. The number of alkyl carbamates (subject to hydrolysis) is 1. The second-order valence-electron chi connectivity index (χ2n) is 14.2. The fourth-order valence-corrected chi connectivity index (χ4v) is 5.74. The van der Waals surface area contributed by atoms with Crippen molar-refractivity contribution in [2.24, 2.45) is 5.73 Å². The maximum absolute atomic E-state index is 13.8. The summed E-state index contributed by atoms with van der Waals surface area (Å²) < 4.78 is 16.8. The molecule has 3 amide bonds. The van der Waals surface area contributed by atoms with Gasteiger partial charge in [-0.3, -0.25) is 14.4 Å². The summed E-state index contributed by atoms with van der Waals surface area (Å²) in [7, 11) is 3.38. The minimum atomic E-state index is -0.710. The Bertz CT molecular complexity index is 1560. The topological polar surface area (TPSA) is 173 Å². The number of methoxy groups -OCH3 is 1. The third-order valence-electron chi connectivity index (χ3n) is 8.95. The number of rotatable bonds is 20. The SMILES string of the molecule is CNC(CCCCNC(=O)OCCN/C1=C(\N)c2ccccc2N(C(=O)CCNC(=O)CC(C)(C)OCC(C)(C)OC)Cc2ccccc21)C(C)=O. The lowest BCUT2D eigenvalue weighted by molar-refractivity contribution is -0.135. The van der Waals surface area contributed by atoms with Crippen molar-refractivity contribution < 1.29 is 33.4 Å². The lowest BCUT2D eigenvalue weighted by Crippen LogP contribution is -2.40. The molecule has 6 N–H and O–H groups in total. The Kier molecular flexibility index (Phi) is 16.1. The maximum Gasteiger partial charge on any atom is 0.407 e. The summed E-state index contributed by atoms with van der Waals surface area (Å²) in [6.07, 6.45) is 1.94. The molecule has 0 radical (unpaired) electrons. The first-order valence-electron chi connectivity index (χ1n) is 17.9. The van der Waals surface area contributed by atoms with Crippen LogP contribution in [0.25, 0.3) is 11.4 Å². The third kappa shape index (κ3) is 12.9. The first kappa shape index (κ1) is 42.0. The number of ketones is 1. The molecule has 0 spiro atoms. The average molecular weight is 723 g/mol. The number of anilines is 1. The zero-order valence-corrected chi connectivity index (χ0v) is 31.9. The van der Waals surface area contributed by atoms with Gasteiger partial charge in [-0.15, -0.1) is 0 Å². The van der Waals surface area contributed by atoms with Crippen LogP contribution in [0.5, 0.6) is 0 Å². The van der Waals surface area contributed by atoms with Crippen molar-refractivity contribution in [2.45, 2.75) is 90.5 Å². The number of ether oxygens (including phenoxy) is 3. The Hall–Kier alpha value is -4.46. The zero-order chi connectivity index (χ0) is 38.3. The van der Waals surface area contributed by atoms with Crippen LogP contribution in [-0.2, 0) is 35.1 Å². The van der Waals surface area contributed by atoms with Crippen LogP contribution < -0.4 is 31.9 Å². The quantitative estimate of drug-likeness (QED) is 0.125. The van der Waals surface area contributed by atoms with Gasteiger partial charge in [0, 0.05) is 44.3 Å². The molecule has 2 aromatic rings. The van der Waals surface area contributed by atoms with Crippen molar-refractivity contribution in [1.82, 2.24) is 21.3 Å². The largest absolute Gasteiger partial charge is 0.448 e. The molecule has 0 aromatic heterocycles. The van der Waals surface area contributed by atoms with Gasteiger partial charge in [0.05, 0.1) is 53.9 Å². The molecule has 13 heteroatoms. The normalized spacial score (nSPS) is 15.0. The summed E-state index contributed by atoms with van der Waals surface area (Å²) in [5.74, 6) is -0.272. The monoisotopic (exact) mass is 722 g/mol. The number of nitrogens with two attached hydrogens (primary N) is 1. The first-order chi connectivity index (χ1) is 24.7. The number of hydrogen-bond acceptors (Lipinski definition) is 10. The standard InChI is InChI=1S/C39H58N6O7/c1-27(46)31(41-6)17-12-13-20-44-37(49)51-23-22-43-36-29-15-9-8-14-28(29)25-45(32-18-11-10-16-30(32)35(36)40)34(48)19-21-42-33(47)24-38(2,3)52-26-39(4,5)50-7/h8-11,14-16,18,31,41,43H,12-13,17,19-26,40H2,1-7H3,(H,42,47)(H,44,49)/b36-35-. The Morgan fingerprint density at radius 2 is 1.60 bits per heavy atom. The Labute approximate surface area is 308 Å². The molecular weight excluding hydrogens is 664 g/mol. The first-order valence-corrected chi connectivity index (χ1v) is 17.9. The van der Waals surface area contributed by atoms with Crippen LogP contribution in [0.3, 0.4) is 0 Å². The summed E-state index contributed by atoms with van der Waals surface area (Å²) in [6.45, 7) is 10.7. The van der Waals surface area contributed by atoms with E-state index in [0.717, 1.165) is 24.0 Å². The molecule has 0 saturated carbocycles. The zero-order valence-electron chi connectivity index (χ0n) is 31.9. The summed E-state index contributed by atoms with van der Waals surface area (Å²) in [4.78, 5) is 52.1. The fraction of sp³-hybridized carbons (Fsp3) is 0.538. The number of carbonyl (C=O) groups excluding carboxylic acids is 4. The molecule has 0 bridgehead atoms. The number of unbranched alkanes of at least 4 members (excludes halogenated alkanes) is 1. The van der Waals surface area contributed by atoms with Gasteiger partial charge in [0.25, 0.3) is 0 Å². The van der Waals surface area contributed by atoms with Gasteiger partial charge in [-0.2, -0.15) is 0 Å². The number of para-hydroxylation sites is 1. The summed E-state index contributed by atoms with van der Waals surface area (Å²) in [6, 6.07) is 15.0. The third-order valence-corrected chi connectivity index (χ3v) is 8.95. The second-order valence-corrected chi connectivity index (χ2v) is 14.2. The lowest BCUT2D eigenvalue weighted by atomic mass is 9.96. The molecule has 1 heterocycles. The molecule has 2 aromatic carbocycles. The maximum atomic E-state index is 13.8. The number of amides is 3. The van der Waals surface area contributed by atoms with Crippen LogP contribution in [-0.4, -0.2) is 87.9 Å². The molecule has 1 atom stereocenters. The predicted octanol–water partition coefficient (Wildman–Crippen LogP) is 4.10. The van der Waals surface area contributed by atoms with Gasteiger partial charge in [-0.05, 0) is 72.6 Å². The van der Waals surface area contributed by atoms with Crippen LogP contribution in [0.15, 0.2) is 48.5 Å². The van der Waals surface area contributed by atoms with Crippen LogP contribution in [0.4, 0.5) is 10.5 Å². The van der Waals surface area contributed by atoms with Gasteiger partial charge < -0.3 is 46.1 Å². The van der Waals surface area contributed by atoms with Crippen molar-refractivity contribution in [3.05, 3.63) is 65.2 Å². The van der Waals surface area contributed by atoms with Crippen molar-refractivity contribution in [2.75, 3.05) is 51.9 Å². The van der Waals surface area contributed by atoms with E-state index in [1.807, 2.05) is 76.2 Å². The van der Waals surface area contributed by atoms with Crippen molar-refractivity contribution in [3.63, 3.8) is 0 Å². The number of fused-ring (bicyclic) bond motifs is 2. The number of Topliss-reactive ketones (excluding diaryl/α,β-unsaturated/α-hetero) is 1.